The fourth-order valence-electron chi connectivity index (χ4n) is 1.83. The van der Waals surface area contributed by atoms with Crippen molar-refractivity contribution in [3.63, 3.8) is 0 Å². The van der Waals surface area contributed by atoms with Crippen LogP contribution in [-0.2, 0) is 0 Å². The Bertz CT molecular complexity index is 522. The second-order valence-electron chi connectivity index (χ2n) is 4.11. The summed E-state index contributed by atoms with van der Waals surface area (Å²) in [4.78, 5) is 12.5. The summed E-state index contributed by atoms with van der Waals surface area (Å²) < 4.78 is 0. The fourth-order valence-corrected chi connectivity index (χ4v) is 1.83. The minimum atomic E-state index is -0.968. The van der Waals surface area contributed by atoms with Crippen LogP contribution in [-0.4, -0.2) is 34.5 Å². The average Bonchev–Trinajstić information content (AvgIpc) is 2.93. The van der Waals surface area contributed by atoms with E-state index in [1.165, 1.54) is 4.90 Å². The van der Waals surface area contributed by atoms with Gasteiger partial charge in [-0.3, -0.25) is 10.00 Å². The van der Waals surface area contributed by atoms with Gasteiger partial charge in [-0.05, 0) is 30.7 Å². The van der Waals surface area contributed by atoms with Crippen LogP contribution in [0.3, 0.4) is 0 Å². The number of rotatable bonds is 5. The summed E-state index contributed by atoms with van der Waals surface area (Å²) in [6.07, 6.45) is 3.18. The van der Waals surface area contributed by atoms with E-state index in [9.17, 15) is 9.90 Å². The Morgan fingerprint density at radius 3 is 2.58 bits per heavy atom. The zero-order chi connectivity index (χ0) is 13.7. The maximum atomic E-state index is 11.2. The van der Waals surface area contributed by atoms with Crippen molar-refractivity contribution < 1.29 is 9.90 Å². The van der Waals surface area contributed by atoms with Gasteiger partial charge in [-0.15, -0.1) is 0 Å². The quantitative estimate of drug-likeness (QED) is 0.765. The molecular weight excluding hydrogens is 244 g/mol. The molecule has 0 radical (unpaired) electrons. The number of benzene rings is 1. The Labute approximate surface area is 110 Å². The first-order chi connectivity index (χ1) is 9.22. The lowest BCUT2D eigenvalue weighted by molar-refractivity contribution is 0.201. The fraction of sp³-hybridized carbons (Fsp3) is 0.231. The summed E-state index contributed by atoms with van der Waals surface area (Å²) in [7, 11) is 0. The van der Waals surface area contributed by atoms with Gasteiger partial charge in [0.05, 0.1) is 6.20 Å². The molecule has 2 aromatic rings. The van der Waals surface area contributed by atoms with Crippen LogP contribution in [0.1, 0.15) is 6.42 Å². The number of amides is 1. The van der Waals surface area contributed by atoms with Crippen molar-refractivity contribution in [1.82, 2.24) is 10.2 Å². The summed E-state index contributed by atoms with van der Waals surface area (Å²) in [5.41, 5.74) is 8.02. The molecule has 6 heteroatoms. The molecule has 0 saturated heterocycles. The van der Waals surface area contributed by atoms with Crippen molar-refractivity contribution >= 4 is 11.8 Å². The van der Waals surface area contributed by atoms with Crippen LogP contribution in [0.15, 0.2) is 36.7 Å². The largest absolute Gasteiger partial charge is 0.465 e. The van der Waals surface area contributed by atoms with E-state index >= 15 is 0 Å². The lowest BCUT2D eigenvalue weighted by Crippen LogP contribution is -2.31. The first kappa shape index (κ1) is 13.1. The molecule has 1 amide bonds. The molecule has 1 aromatic carbocycles. The molecule has 0 unspecified atom stereocenters. The molecule has 6 nitrogen and oxygen atoms in total. The Balaban J connectivity index is 2.18. The molecule has 1 heterocycles. The standard InChI is InChI=1S/C13H16N4O2/c14-6-1-7-17(13(18)19)12-4-2-10(3-5-12)11-8-15-16-9-11/h2-5,8-9H,1,6-7,14H2,(H,15,16)(H,18,19). The molecule has 100 valence electrons. The smallest absolute Gasteiger partial charge is 0.411 e. The predicted octanol–water partition coefficient (Wildman–Crippen LogP) is 1.91. The highest BCUT2D eigenvalue weighted by atomic mass is 16.4. The van der Waals surface area contributed by atoms with Crippen LogP contribution in [0.4, 0.5) is 10.5 Å². The molecule has 19 heavy (non-hydrogen) atoms. The second kappa shape index (κ2) is 6.01. The van der Waals surface area contributed by atoms with E-state index in [4.69, 9.17) is 5.73 Å². The summed E-state index contributed by atoms with van der Waals surface area (Å²) >= 11 is 0. The van der Waals surface area contributed by atoms with Gasteiger partial charge in [0.1, 0.15) is 0 Å². The highest BCUT2D eigenvalue weighted by Gasteiger charge is 2.13. The Hall–Kier alpha value is -2.34. The van der Waals surface area contributed by atoms with Crippen LogP contribution in [0.5, 0.6) is 0 Å². The number of aromatic nitrogens is 2. The van der Waals surface area contributed by atoms with Crippen LogP contribution < -0.4 is 10.6 Å². The van der Waals surface area contributed by atoms with Gasteiger partial charge in [-0.1, -0.05) is 12.1 Å². The maximum Gasteiger partial charge on any atom is 0.411 e. The summed E-state index contributed by atoms with van der Waals surface area (Å²) in [5, 5.41) is 15.8. The van der Waals surface area contributed by atoms with E-state index in [1.807, 2.05) is 12.1 Å². The van der Waals surface area contributed by atoms with Gasteiger partial charge in [0.15, 0.2) is 0 Å². The van der Waals surface area contributed by atoms with Crippen molar-refractivity contribution in [2.24, 2.45) is 5.73 Å². The highest BCUT2D eigenvalue weighted by molar-refractivity contribution is 5.86. The predicted molar refractivity (Wildman–Crippen MR) is 73.1 cm³/mol. The Kier molecular flexibility index (Phi) is 4.15. The Morgan fingerprint density at radius 2 is 2.05 bits per heavy atom. The van der Waals surface area contributed by atoms with Gasteiger partial charge >= 0.3 is 6.09 Å². The van der Waals surface area contributed by atoms with Gasteiger partial charge in [0.25, 0.3) is 0 Å². The van der Waals surface area contributed by atoms with E-state index in [-0.39, 0.29) is 0 Å². The first-order valence-electron chi connectivity index (χ1n) is 6.02. The lowest BCUT2D eigenvalue weighted by Gasteiger charge is -2.19. The van der Waals surface area contributed by atoms with E-state index < -0.39 is 6.09 Å². The van der Waals surface area contributed by atoms with Crippen LogP contribution >= 0.6 is 0 Å². The number of carbonyl (C=O) groups is 1. The number of aromatic amines is 1. The van der Waals surface area contributed by atoms with Crippen molar-refractivity contribution in [2.45, 2.75) is 6.42 Å². The van der Waals surface area contributed by atoms with Crippen molar-refractivity contribution in [3.05, 3.63) is 36.7 Å². The molecule has 0 aliphatic rings. The normalized spacial score (nSPS) is 10.4. The number of nitrogens with one attached hydrogen (secondary N) is 1. The maximum absolute atomic E-state index is 11.2. The molecule has 0 bridgehead atoms. The lowest BCUT2D eigenvalue weighted by atomic mass is 10.1. The number of H-pyrrole nitrogens is 1. The van der Waals surface area contributed by atoms with Gasteiger partial charge in [-0.2, -0.15) is 5.10 Å². The number of hydrogen-bond acceptors (Lipinski definition) is 3. The molecule has 0 aliphatic carbocycles. The van der Waals surface area contributed by atoms with Gasteiger partial charge in [-0.25, -0.2) is 4.79 Å². The minimum Gasteiger partial charge on any atom is -0.465 e. The zero-order valence-electron chi connectivity index (χ0n) is 10.4. The number of anilines is 1. The molecule has 0 fully saturated rings. The van der Waals surface area contributed by atoms with E-state index in [0.717, 1.165) is 11.1 Å². The number of nitrogens with zero attached hydrogens (tertiary/aromatic N) is 2. The van der Waals surface area contributed by atoms with Crippen molar-refractivity contribution in [1.29, 1.82) is 0 Å². The third-order valence-electron chi connectivity index (χ3n) is 2.83. The van der Waals surface area contributed by atoms with Crippen molar-refractivity contribution in [2.75, 3.05) is 18.0 Å². The molecular formula is C13H16N4O2. The first-order valence-corrected chi connectivity index (χ1v) is 6.02. The molecule has 2 rings (SSSR count). The number of carboxylic acid groups (broad SMARTS) is 1. The Morgan fingerprint density at radius 1 is 1.32 bits per heavy atom. The minimum absolute atomic E-state index is 0.400. The van der Waals surface area contributed by atoms with Crippen molar-refractivity contribution in [3.8, 4) is 11.1 Å². The SMILES string of the molecule is NCCCN(C(=O)O)c1ccc(-c2cn[nH]c2)cc1. The van der Waals surface area contributed by atoms with Crippen LogP contribution in [0.2, 0.25) is 0 Å². The van der Waals surface area contributed by atoms with Crippen LogP contribution in [0, 0.1) is 0 Å². The highest BCUT2D eigenvalue weighted by Crippen LogP contribution is 2.22. The third-order valence-corrected chi connectivity index (χ3v) is 2.83. The molecule has 1 aromatic heterocycles. The summed E-state index contributed by atoms with van der Waals surface area (Å²) in [6, 6.07) is 7.32. The number of nitrogens with two attached hydrogens (primary N) is 1. The average molecular weight is 260 g/mol. The summed E-state index contributed by atoms with van der Waals surface area (Å²) in [6.45, 7) is 0.869. The van der Waals surface area contributed by atoms with E-state index in [2.05, 4.69) is 10.2 Å². The van der Waals surface area contributed by atoms with Crippen LogP contribution in [0.25, 0.3) is 11.1 Å². The molecule has 0 atom stereocenters. The second-order valence-corrected chi connectivity index (χ2v) is 4.11. The monoisotopic (exact) mass is 260 g/mol. The van der Waals surface area contributed by atoms with E-state index in [0.29, 0.717) is 25.2 Å². The third kappa shape index (κ3) is 3.11. The molecule has 0 spiro atoms. The van der Waals surface area contributed by atoms with Gasteiger partial charge in [0.2, 0.25) is 0 Å². The van der Waals surface area contributed by atoms with Gasteiger partial charge < -0.3 is 10.8 Å². The molecule has 0 aliphatic heterocycles. The molecule has 0 saturated carbocycles. The van der Waals surface area contributed by atoms with Gasteiger partial charge in [0, 0.05) is 24.0 Å². The summed E-state index contributed by atoms with van der Waals surface area (Å²) in [5.74, 6) is 0. The molecule has 4 N–H and O–H groups in total. The number of hydrogen-bond donors (Lipinski definition) is 3. The zero-order valence-corrected chi connectivity index (χ0v) is 10.4. The van der Waals surface area contributed by atoms with E-state index in [1.54, 1.807) is 24.5 Å². The topological polar surface area (TPSA) is 95.2 Å².